The van der Waals surface area contributed by atoms with Gasteiger partial charge in [-0.15, -0.1) is 12.4 Å². The first kappa shape index (κ1) is 13.3. The van der Waals surface area contributed by atoms with Gasteiger partial charge in [0, 0.05) is 11.6 Å². The van der Waals surface area contributed by atoms with Crippen molar-refractivity contribution in [2.45, 2.75) is 38.6 Å². The second kappa shape index (κ2) is 5.55. The van der Waals surface area contributed by atoms with Crippen molar-refractivity contribution < 1.29 is 5.11 Å². The summed E-state index contributed by atoms with van der Waals surface area (Å²) in [6.07, 6.45) is 4.97. The number of aryl methyl sites for hydroxylation is 1. The first-order chi connectivity index (χ1) is 7.18. The molecule has 16 heavy (non-hydrogen) atoms. The Kier molecular flexibility index (Phi) is 4.63. The normalized spacial score (nSPS) is 18.1. The van der Waals surface area contributed by atoms with E-state index in [1.54, 1.807) is 6.07 Å². The highest BCUT2D eigenvalue weighted by molar-refractivity contribution is 5.85. The molecule has 2 rings (SSSR count). The van der Waals surface area contributed by atoms with Crippen LogP contribution in [0.3, 0.4) is 0 Å². The fourth-order valence-electron chi connectivity index (χ4n) is 2.51. The Balaban J connectivity index is 0.00000128. The molecule has 1 aromatic rings. The van der Waals surface area contributed by atoms with Gasteiger partial charge in [-0.2, -0.15) is 0 Å². The minimum absolute atomic E-state index is 0. The molecule has 0 radical (unpaired) electrons. The largest absolute Gasteiger partial charge is 0.508 e. The predicted molar refractivity (Wildman–Crippen MR) is 69.0 cm³/mol. The molecule has 3 N–H and O–H groups in total. The van der Waals surface area contributed by atoms with Crippen LogP contribution < -0.4 is 5.73 Å². The zero-order valence-corrected chi connectivity index (χ0v) is 10.5. The van der Waals surface area contributed by atoms with Gasteiger partial charge in [-0.3, -0.25) is 0 Å². The fraction of sp³-hybridized carbons (Fsp3) is 0.538. The second-order valence-electron chi connectivity index (χ2n) is 4.63. The lowest BCUT2D eigenvalue weighted by Crippen LogP contribution is -2.19. The van der Waals surface area contributed by atoms with Crippen LogP contribution in [0.5, 0.6) is 5.75 Å². The summed E-state index contributed by atoms with van der Waals surface area (Å²) in [5.74, 6) is 0.910. The summed E-state index contributed by atoms with van der Waals surface area (Å²) >= 11 is 0. The Labute approximate surface area is 103 Å². The van der Waals surface area contributed by atoms with E-state index in [2.05, 4.69) is 0 Å². The van der Waals surface area contributed by atoms with Crippen LogP contribution in [0.4, 0.5) is 0 Å². The molecule has 0 spiro atoms. The minimum Gasteiger partial charge on any atom is -0.508 e. The van der Waals surface area contributed by atoms with Gasteiger partial charge in [-0.05, 0) is 37.3 Å². The molecule has 1 aromatic carbocycles. The molecule has 2 nitrogen and oxygen atoms in total. The van der Waals surface area contributed by atoms with E-state index in [9.17, 15) is 5.11 Å². The summed E-state index contributed by atoms with van der Waals surface area (Å²) < 4.78 is 0. The molecule has 90 valence electrons. The highest BCUT2D eigenvalue weighted by Gasteiger charge is 2.24. The fourth-order valence-corrected chi connectivity index (χ4v) is 2.51. The average molecular weight is 242 g/mol. The van der Waals surface area contributed by atoms with E-state index < -0.39 is 0 Å². The number of halogens is 1. The lowest BCUT2D eigenvalue weighted by atomic mass is 9.91. The van der Waals surface area contributed by atoms with Gasteiger partial charge < -0.3 is 10.8 Å². The summed E-state index contributed by atoms with van der Waals surface area (Å²) in [6, 6.07) is 5.79. The van der Waals surface area contributed by atoms with Crippen LogP contribution in [0.1, 0.15) is 42.9 Å². The molecule has 0 amide bonds. The van der Waals surface area contributed by atoms with Crippen molar-refractivity contribution in [3.05, 3.63) is 29.3 Å². The van der Waals surface area contributed by atoms with Crippen molar-refractivity contribution in [2.24, 2.45) is 11.7 Å². The van der Waals surface area contributed by atoms with E-state index >= 15 is 0 Å². The molecule has 0 saturated heterocycles. The number of aromatic hydroxyl groups is 1. The molecule has 1 atom stereocenters. The molecule has 0 heterocycles. The van der Waals surface area contributed by atoms with Crippen molar-refractivity contribution in [3.8, 4) is 5.75 Å². The van der Waals surface area contributed by atoms with Gasteiger partial charge in [0.15, 0.2) is 0 Å². The number of phenolic OH excluding ortho intramolecular Hbond substituents is 1. The third-order valence-electron chi connectivity index (χ3n) is 3.45. The SMILES string of the molecule is Cc1ccc([C@@H](N)C2CCCC2)c(O)c1.Cl. The van der Waals surface area contributed by atoms with Gasteiger partial charge >= 0.3 is 0 Å². The molecule has 0 aromatic heterocycles. The second-order valence-corrected chi connectivity index (χ2v) is 4.63. The van der Waals surface area contributed by atoms with Crippen LogP contribution in [0.2, 0.25) is 0 Å². The van der Waals surface area contributed by atoms with Crippen LogP contribution >= 0.6 is 12.4 Å². The van der Waals surface area contributed by atoms with E-state index in [0.29, 0.717) is 11.7 Å². The van der Waals surface area contributed by atoms with E-state index in [4.69, 9.17) is 5.73 Å². The van der Waals surface area contributed by atoms with Gasteiger partial charge in [0.05, 0.1) is 0 Å². The maximum Gasteiger partial charge on any atom is 0.120 e. The molecular weight excluding hydrogens is 222 g/mol. The average Bonchev–Trinajstić information content (AvgIpc) is 2.69. The first-order valence-corrected chi connectivity index (χ1v) is 5.73. The van der Waals surface area contributed by atoms with E-state index in [-0.39, 0.29) is 18.4 Å². The molecule has 1 saturated carbocycles. The summed E-state index contributed by atoms with van der Waals surface area (Å²) in [4.78, 5) is 0. The summed E-state index contributed by atoms with van der Waals surface area (Å²) in [5, 5.41) is 9.84. The minimum atomic E-state index is 0. The third kappa shape index (κ3) is 2.69. The Morgan fingerprint density at radius 2 is 1.94 bits per heavy atom. The molecule has 0 unspecified atom stereocenters. The van der Waals surface area contributed by atoms with Crippen LogP contribution in [0.25, 0.3) is 0 Å². The lowest BCUT2D eigenvalue weighted by molar-refractivity contribution is 0.412. The molecule has 1 fully saturated rings. The number of benzene rings is 1. The molecule has 3 heteroatoms. The number of hydrogen-bond donors (Lipinski definition) is 2. The number of rotatable bonds is 2. The van der Waals surface area contributed by atoms with Gasteiger partial charge in [-0.1, -0.05) is 25.0 Å². The van der Waals surface area contributed by atoms with Crippen molar-refractivity contribution in [2.75, 3.05) is 0 Å². The van der Waals surface area contributed by atoms with Crippen LogP contribution in [0, 0.1) is 12.8 Å². The van der Waals surface area contributed by atoms with E-state index in [1.807, 2.05) is 19.1 Å². The van der Waals surface area contributed by atoms with Crippen LogP contribution in [0.15, 0.2) is 18.2 Å². The smallest absolute Gasteiger partial charge is 0.120 e. The van der Waals surface area contributed by atoms with Gasteiger partial charge in [0.25, 0.3) is 0 Å². The van der Waals surface area contributed by atoms with Gasteiger partial charge in [-0.25, -0.2) is 0 Å². The van der Waals surface area contributed by atoms with Crippen molar-refractivity contribution in [1.29, 1.82) is 0 Å². The quantitative estimate of drug-likeness (QED) is 0.835. The zero-order chi connectivity index (χ0) is 10.8. The highest BCUT2D eigenvalue weighted by Crippen LogP contribution is 2.37. The van der Waals surface area contributed by atoms with E-state index in [1.165, 1.54) is 25.7 Å². The summed E-state index contributed by atoms with van der Waals surface area (Å²) in [6.45, 7) is 1.98. The zero-order valence-electron chi connectivity index (χ0n) is 9.65. The van der Waals surface area contributed by atoms with Crippen molar-refractivity contribution in [1.82, 2.24) is 0 Å². The highest BCUT2D eigenvalue weighted by atomic mass is 35.5. The number of hydrogen-bond acceptors (Lipinski definition) is 2. The maximum atomic E-state index is 9.84. The van der Waals surface area contributed by atoms with Crippen molar-refractivity contribution >= 4 is 12.4 Å². The maximum absolute atomic E-state index is 9.84. The standard InChI is InChI=1S/C13H19NO.ClH/c1-9-6-7-11(12(15)8-9)13(14)10-4-2-3-5-10;/h6-8,10,13,15H,2-5,14H2,1H3;1H/t13-;/m0./s1. The Hall–Kier alpha value is -0.730. The number of nitrogens with two attached hydrogens (primary N) is 1. The van der Waals surface area contributed by atoms with Gasteiger partial charge in [0.1, 0.15) is 5.75 Å². The first-order valence-electron chi connectivity index (χ1n) is 5.73. The predicted octanol–water partition coefficient (Wildman–Crippen LogP) is 3.31. The Bertz CT molecular complexity index is 348. The Morgan fingerprint density at radius 1 is 1.31 bits per heavy atom. The number of phenols is 1. The van der Waals surface area contributed by atoms with E-state index in [0.717, 1.165) is 11.1 Å². The molecule has 0 bridgehead atoms. The summed E-state index contributed by atoms with van der Waals surface area (Å²) in [5.41, 5.74) is 8.18. The van der Waals surface area contributed by atoms with Gasteiger partial charge in [0.2, 0.25) is 0 Å². The molecule has 0 aliphatic heterocycles. The van der Waals surface area contributed by atoms with Crippen LogP contribution in [-0.4, -0.2) is 5.11 Å². The lowest BCUT2D eigenvalue weighted by Gasteiger charge is -2.20. The van der Waals surface area contributed by atoms with Crippen LogP contribution in [-0.2, 0) is 0 Å². The molecule has 1 aliphatic rings. The third-order valence-corrected chi connectivity index (χ3v) is 3.45. The molecule has 1 aliphatic carbocycles. The molecular formula is C13H20ClNO. The summed E-state index contributed by atoms with van der Waals surface area (Å²) in [7, 11) is 0. The monoisotopic (exact) mass is 241 g/mol. The topological polar surface area (TPSA) is 46.2 Å². The van der Waals surface area contributed by atoms with Crippen molar-refractivity contribution in [3.63, 3.8) is 0 Å². The Morgan fingerprint density at radius 3 is 2.50 bits per heavy atom.